The lowest BCUT2D eigenvalue weighted by molar-refractivity contribution is -0.138. The van der Waals surface area contributed by atoms with E-state index >= 15 is 0 Å². The first-order valence-corrected chi connectivity index (χ1v) is 14.7. The number of nitrogens with zero attached hydrogens (tertiary/aromatic N) is 2. The van der Waals surface area contributed by atoms with Crippen molar-refractivity contribution in [3.8, 4) is 5.75 Å². The lowest BCUT2D eigenvalue weighted by atomic mass is 9.85. The van der Waals surface area contributed by atoms with Crippen LogP contribution < -0.4 is 15.0 Å². The molecule has 1 N–H and O–H groups in total. The van der Waals surface area contributed by atoms with Gasteiger partial charge in [-0.2, -0.15) is 13.2 Å². The van der Waals surface area contributed by atoms with Gasteiger partial charge in [-0.05, 0) is 77.0 Å². The number of halogens is 3. The number of hydrogen-bond acceptors (Lipinski definition) is 5. The van der Waals surface area contributed by atoms with Gasteiger partial charge in [0.05, 0.1) is 16.8 Å². The molecule has 8 nitrogen and oxygen atoms in total. The summed E-state index contributed by atoms with van der Waals surface area (Å²) in [6.07, 6.45) is -2.33. The summed E-state index contributed by atoms with van der Waals surface area (Å²) in [6, 6.07) is 10.5. The molecular weight excluding hydrogens is 563 g/mol. The summed E-state index contributed by atoms with van der Waals surface area (Å²) in [5.74, 6) is -0.911. The second-order valence-corrected chi connectivity index (χ2v) is 12.1. The molecule has 2 aliphatic rings. The number of alkyl halides is 3. The molecule has 1 aliphatic heterocycles. The van der Waals surface area contributed by atoms with E-state index in [2.05, 4.69) is 12.2 Å². The van der Waals surface area contributed by atoms with Gasteiger partial charge in [0.15, 0.2) is 5.60 Å². The third-order valence-corrected chi connectivity index (χ3v) is 8.04. The fraction of sp³-hybridized carbons (Fsp3) is 0.531. The van der Waals surface area contributed by atoms with Gasteiger partial charge in [-0.15, -0.1) is 0 Å². The lowest BCUT2D eigenvalue weighted by Crippen LogP contribution is -2.54. The zero-order valence-electron chi connectivity index (χ0n) is 25.3. The van der Waals surface area contributed by atoms with E-state index in [0.29, 0.717) is 18.8 Å². The van der Waals surface area contributed by atoms with Crippen LogP contribution in [0.5, 0.6) is 5.75 Å². The normalized spacial score (nSPS) is 19.8. The van der Waals surface area contributed by atoms with Crippen molar-refractivity contribution in [2.24, 2.45) is 5.92 Å². The molecule has 234 valence electrons. The Kier molecular flexibility index (Phi) is 9.61. The van der Waals surface area contributed by atoms with Crippen molar-refractivity contribution in [3.63, 3.8) is 0 Å². The van der Waals surface area contributed by atoms with Crippen LogP contribution in [0.3, 0.4) is 0 Å². The largest absolute Gasteiger partial charge is 0.476 e. The van der Waals surface area contributed by atoms with E-state index < -0.39 is 40.8 Å². The third kappa shape index (κ3) is 7.43. The molecule has 43 heavy (non-hydrogen) atoms. The molecule has 0 aromatic heterocycles. The molecule has 3 amide bonds. The first-order valence-electron chi connectivity index (χ1n) is 14.7. The predicted molar refractivity (Wildman–Crippen MR) is 156 cm³/mol. The van der Waals surface area contributed by atoms with Crippen LogP contribution in [0.1, 0.15) is 81.8 Å². The van der Waals surface area contributed by atoms with Crippen LogP contribution in [-0.2, 0) is 22.3 Å². The zero-order valence-corrected chi connectivity index (χ0v) is 25.3. The van der Waals surface area contributed by atoms with Gasteiger partial charge in [0, 0.05) is 25.2 Å². The molecule has 11 heteroatoms. The number of carbonyl (C=O) groups excluding carboxylic acids is 3. The van der Waals surface area contributed by atoms with Gasteiger partial charge in [-0.25, -0.2) is 4.79 Å². The van der Waals surface area contributed by atoms with Gasteiger partial charge < -0.3 is 24.6 Å². The van der Waals surface area contributed by atoms with Crippen LogP contribution in [-0.4, -0.2) is 53.6 Å². The Labute approximate surface area is 250 Å². The highest BCUT2D eigenvalue weighted by atomic mass is 19.4. The van der Waals surface area contributed by atoms with Crippen molar-refractivity contribution < 1.29 is 37.0 Å². The summed E-state index contributed by atoms with van der Waals surface area (Å²) in [6.45, 7) is 8.58. The molecule has 2 aromatic carbocycles. The van der Waals surface area contributed by atoms with Gasteiger partial charge in [0.25, 0.3) is 11.8 Å². The van der Waals surface area contributed by atoms with E-state index in [-0.39, 0.29) is 43.2 Å². The number of hydrogen-bond donors (Lipinski definition) is 1. The number of rotatable bonds is 8. The van der Waals surface area contributed by atoms with Crippen LogP contribution in [0.4, 0.5) is 23.7 Å². The molecule has 0 spiro atoms. The van der Waals surface area contributed by atoms with Crippen LogP contribution in [0.25, 0.3) is 0 Å². The molecule has 0 unspecified atom stereocenters. The summed E-state index contributed by atoms with van der Waals surface area (Å²) >= 11 is 0. The summed E-state index contributed by atoms with van der Waals surface area (Å²) in [7, 11) is 0. The average molecular weight is 604 g/mol. The quantitative estimate of drug-likeness (QED) is 0.369. The minimum absolute atomic E-state index is 0.0427. The number of ether oxygens (including phenoxy) is 2. The smallest absolute Gasteiger partial charge is 0.417 e. The van der Waals surface area contributed by atoms with Crippen molar-refractivity contribution >= 4 is 23.6 Å². The van der Waals surface area contributed by atoms with Crippen LogP contribution in [0, 0.1) is 5.92 Å². The number of anilines is 1. The molecule has 1 saturated carbocycles. The van der Waals surface area contributed by atoms with Crippen molar-refractivity contribution in [2.75, 3.05) is 18.0 Å². The van der Waals surface area contributed by atoms with E-state index in [1.165, 1.54) is 18.7 Å². The second-order valence-electron chi connectivity index (χ2n) is 12.1. The highest BCUT2D eigenvalue weighted by Gasteiger charge is 2.45. The Morgan fingerprint density at radius 3 is 2.37 bits per heavy atom. The molecule has 0 saturated heterocycles. The van der Waals surface area contributed by atoms with Gasteiger partial charge in [-0.3, -0.25) is 9.59 Å². The zero-order chi connectivity index (χ0) is 31.5. The first-order chi connectivity index (χ1) is 20.2. The van der Waals surface area contributed by atoms with Gasteiger partial charge in [0.2, 0.25) is 0 Å². The van der Waals surface area contributed by atoms with Crippen LogP contribution >= 0.6 is 0 Å². The third-order valence-electron chi connectivity index (χ3n) is 8.04. The number of benzene rings is 2. The highest BCUT2D eigenvalue weighted by molar-refractivity contribution is 6.05. The molecule has 1 fully saturated rings. The Balaban J connectivity index is 1.62. The fourth-order valence-corrected chi connectivity index (χ4v) is 5.77. The molecule has 0 atom stereocenters. The monoisotopic (exact) mass is 603 g/mol. The summed E-state index contributed by atoms with van der Waals surface area (Å²) in [4.78, 5) is 42.4. The van der Waals surface area contributed by atoms with E-state index in [1.807, 2.05) is 30.3 Å². The molecule has 1 aliphatic carbocycles. The molecule has 0 bridgehead atoms. The lowest BCUT2D eigenvalue weighted by Gasteiger charge is -2.41. The van der Waals surface area contributed by atoms with E-state index in [1.54, 1.807) is 18.7 Å². The number of carbonyl (C=O) groups is 3. The summed E-state index contributed by atoms with van der Waals surface area (Å²) in [5, 5.41) is 2.58. The Morgan fingerprint density at radius 2 is 1.77 bits per heavy atom. The van der Waals surface area contributed by atoms with Crippen molar-refractivity contribution in [2.45, 2.75) is 90.8 Å². The van der Waals surface area contributed by atoms with Crippen molar-refractivity contribution in [3.05, 3.63) is 59.2 Å². The second kappa shape index (κ2) is 12.9. The van der Waals surface area contributed by atoms with Gasteiger partial charge >= 0.3 is 12.3 Å². The Hall–Kier alpha value is -3.76. The standard InChI is InChI=1S/C32H40F3N3O5/c1-20(2)38(23-13-11-21(3)12-14-23)28(39)24-17-26-27(18-25(24)32(33,34)35)43-31(4,5)29(40)37(26)16-15-36-30(41)42-19-22-9-7-6-8-10-22/h6-10,17-18,20-21,23H,11-16,19H2,1-5H3,(H,36,41). The number of alkyl carbamates (subject to hydrolysis) is 1. The minimum Gasteiger partial charge on any atom is -0.476 e. The van der Waals surface area contributed by atoms with E-state index in [0.717, 1.165) is 30.5 Å². The molecule has 2 aromatic rings. The molecule has 4 rings (SSSR count). The SMILES string of the molecule is CC1CCC(N(C(=O)c2cc3c(cc2C(F)(F)F)OC(C)(C)C(=O)N3CCNC(=O)OCc2ccccc2)C(C)C)CC1. The van der Waals surface area contributed by atoms with E-state index in [4.69, 9.17) is 9.47 Å². The van der Waals surface area contributed by atoms with E-state index in [9.17, 15) is 27.6 Å². The topological polar surface area (TPSA) is 88.2 Å². The maximum atomic E-state index is 14.4. The number of amides is 3. The average Bonchev–Trinajstić information content (AvgIpc) is 2.94. The predicted octanol–water partition coefficient (Wildman–Crippen LogP) is 6.57. The Morgan fingerprint density at radius 1 is 1.12 bits per heavy atom. The number of nitrogens with one attached hydrogen (secondary N) is 1. The van der Waals surface area contributed by atoms with Crippen LogP contribution in [0.2, 0.25) is 0 Å². The van der Waals surface area contributed by atoms with Crippen molar-refractivity contribution in [1.82, 2.24) is 10.2 Å². The minimum atomic E-state index is -4.84. The summed E-state index contributed by atoms with van der Waals surface area (Å²) < 4.78 is 54.2. The Bertz CT molecular complexity index is 1320. The van der Waals surface area contributed by atoms with Gasteiger partial charge in [-0.1, -0.05) is 37.3 Å². The summed E-state index contributed by atoms with van der Waals surface area (Å²) in [5.41, 5.74) is -2.28. The van der Waals surface area contributed by atoms with Crippen molar-refractivity contribution in [1.29, 1.82) is 0 Å². The van der Waals surface area contributed by atoms with Gasteiger partial charge in [0.1, 0.15) is 12.4 Å². The first kappa shape index (κ1) is 32.2. The maximum Gasteiger partial charge on any atom is 0.417 e. The highest BCUT2D eigenvalue weighted by Crippen LogP contribution is 2.44. The maximum absolute atomic E-state index is 14.4. The fourth-order valence-electron chi connectivity index (χ4n) is 5.77. The van der Waals surface area contributed by atoms with Crippen LogP contribution in [0.15, 0.2) is 42.5 Å². The molecular formula is C32H40F3N3O5. The number of fused-ring (bicyclic) bond motifs is 1. The molecule has 0 radical (unpaired) electrons. The molecule has 1 heterocycles.